The zero-order valence-corrected chi connectivity index (χ0v) is 21.5. The maximum Gasteiger partial charge on any atom is 0.266 e. The van der Waals surface area contributed by atoms with E-state index in [0.29, 0.717) is 36.2 Å². The van der Waals surface area contributed by atoms with Crippen LogP contribution in [0.15, 0.2) is 64.8 Å². The second-order valence-corrected chi connectivity index (χ2v) is 9.77. The van der Waals surface area contributed by atoms with Crippen molar-refractivity contribution < 1.29 is 27.2 Å². The van der Waals surface area contributed by atoms with Crippen molar-refractivity contribution in [2.75, 3.05) is 18.9 Å². The lowest BCUT2D eigenvalue weighted by atomic mass is 10.1. The first-order valence-electron chi connectivity index (χ1n) is 11.4. The van der Waals surface area contributed by atoms with Gasteiger partial charge in [-0.25, -0.2) is 8.42 Å². The fourth-order valence-electron chi connectivity index (χ4n) is 3.78. The predicted octanol–water partition coefficient (Wildman–Crippen LogP) is 3.26. The van der Waals surface area contributed by atoms with E-state index in [0.717, 1.165) is 16.7 Å². The van der Waals surface area contributed by atoms with Crippen LogP contribution in [0.2, 0.25) is 0 Å². The summed E-state index contributed by atoms with van der Waals surface area (Å²) in [6.07, 6.45) is 5.33. The third kappa shape index (κ3) is 5.59. The molecule has 37 heavy (non-hydrogen) atoms. The Bertz CT molecular complexity index is 1560. The van der Waals surface area contributed by atoms with Crippen LogP contribution in [0.3, 0.4) is 0 Å². The Morgan fingerprint density at radius 3 is 2.62 bits per heavy atom. The Morgan fingerprint density at radius 2 is 1.92 bits per heavy atom. The highest BCUT2D eigenvalue weighted by atomic mass is 32.2. The molecule has 0 spiro atoms. The van der Waals surface area contributed by atoms with Gasteiger partial charge < -0.3 is 19.3 Å². The molecule has 0 unspecified atom stereocenters. The van der Waals surface area contributed by atoms with Gasteiger partial charge in [0.15, 0.2) is 11.4 Å². The first-order valence-corrected chi connectivity index (χ1v) is 12.8. The van der Waals surface area contributed by atoms with E-state index in [1.165, 1.54) is 20.3 Å². The molecule has 2 N–H and O–H groups in total. The van der Waals surface area contributed by atoms with Gasteiger partial charge in [-0.05, 0) is 47.9 Å². The Morgan fingerprint density at radius 1 is 1.14 bits per heavy atom. The minimum atomic E-state index is -4.05. The van der Waals surface area contributed by atoms with Crippen molar-refractivity contribution in [3.05, 3.63) is 72.1 Å². The van der Waals surface area contributed by atoms with Crippen molar-refractivity contribution in [3.63, 3.8) is 0 Å². The van der Waals surface area contributed by atoms with Crippen LogP contribution in [0.4, 0.5) is 5.82 Å². The van der Waals surface area contributed by atoms with Crippen molar-refractivity contribution in [1.29, 1.82) is 0 Å². The monoisotopic (exact) mass is 525 g/mol. The summed E-state index contributed by atoms with van der Waals surface area (Å²) >= 11 is 0. The number of nitrogens with one attached hydrogen (secondary N) is 2. The Labute approximate surface area is 214 Å². The fourth-order valence-corrected chi connectivity index (χ4v) is 5.00. The fraction of sp³-hybridized carbons (Fsp3) is 0.240. The summed E-state index contributed by atoms with van der Waals surface area (Å²) in [4.78, 5) is 11.4. The Kier molecular flexibility index (Phi) is 7.48. The summed E-state index contributed by atoms with van der Waals surface area (Å²) in [6.45, 7) is 6.06. The quantitative estimate of drug-likeness (QED) is 0.285. The van der Waals surface area contributed by atoms with Gasteiger partial charge in [0.2, 0.25) is 5.91 Å². The van der Waals surface area contributed by atoms with Crippen LogP contribution >= 0.6 is 0 Å². The predicted molar refractivity (Wildman–Crippen MR) is 137 cm³/mol. The van der Waals surface area contributed by atoms with Gasteiger partial charge >= 0.3 is 0 Å². The number of carbonyl (C=O) groups is 1. The molecule has 4 aromatic rings. The molecule has 0 atom stereocenters. The highest BCUT2D eigenvalue weighted by Gasteiger charge is 2.25. The SMILES string of the molecule is C=CC(=O)NCc1cnn(Cc2cc(OC)c3c(NS(=O)(=O)c4cc(CC)ccc4OC)noc3c2)c1. The molecule has 0 radical (unpaired) electrons. The number of hydrogen-bond acceptors (Lipinski definition) is 8. The third-order valence-corrected chi connectivity index (χ3v) is 7.02. The number of sulfonamides is 1. The maximum atomic E-state index is 13.3. The number of rotatable bonds is 11. The van der Waals surface area contributed by atoms with E-state index in [2.05, 4.69) is 26.9 Å². The summed E-state index contributed by atoms with van der Waals surface area (Å²) in [5.74, 6) is 0.332. The number of ether oxygens (including phenoxy) is 2. The minimum Gasteiger partial charge on any atom is -0.496 e. The highest BCUT2D eigenvalue weighted by molar-refractivity contribution is 7.92. The molecule has 2 heterocycles. The van der Waals surface area contributed by atoms with E-state index >= 15 is 0 Å². The Hall–Kier alpha value is -4.32. The molecule has 2 aromatic carbocycles. The van der Waals surface area contributed by atoms with E-state index in [4.69, 9.17) is 14.0 Å². The van der Waals surface area contributed by atoms with Gasteiger partial charge in [-0.3, -0.25) is 14.2 Å². The Balaban J connectivity index is 1.61. The van der Waals surface area contributed by atoms with Crippen LogP contribution < -0.4 is 19.5 Å². The minimum absolute atomic E-state index is 0.000136. The molecule has 0 saturated heterocycles. The van der Waals surface area contributed by atoms with Crippen molar-refractivity contribution in [1.82, 2.24) is 20.3 Å². The second-order valence-electron chi connectivity index (χ2n) is 8.11. The molecule has 0 fully saturated rings. The number of fused-ring (bicyclic) bond motifs is 1. The summed E-state index contributed by atoms with van der Waals surface area (Å²) in [5, 5.41) is 11.4. The van der Waals surface area contributed by atoms with Gasteiger partial charge in [-0.15, -0.1) is 0 Å². The topological polar surface area (TPSA) is 138 Å². The van der Waals surface area contributed by atoms with Crippen LogP contribution in [0.25, 0.3) is 11.0 Å². The van der Waals surface area contributed by atoms with Gasteiger partial charge in [-0.2, -0.15) is 5.10 Å². The third-order valence-electron chi connectivity index (χ3n) is 5.66. The molecule has 4 rings (SSSR count). The van der Waals surface area contributed by atoms with E-state index in [9.17, 15) is 13.2 Å². The van der Waals surface area contributed by atoms with Crippen LogP contribution in [0.5, 0.6) is 11.5 Å². The zero-order chi connectivity index (χ0) is 26.6. The van der Waals surface area contributed by atoms with Crippen LogP contribution in [-0.2, 0) is 34.3 Å². The summed E-state index contributed by atoms with van der Waals surface area (Å²) in [7, 11) is -1.16. The van der Waals surface area contributed by atoms with Crippen LogP contribution in [0, 0.1) is 0 Å². The molecule has 12 heteroatoms. The number of aromatic nitrogens is 3. The van der Waals surface area contributed by atoms with Gasteiger partial charge in [0, 0.05) is 18.3 Å². The first kappa shape index (κ1) is 25.8. The summed E-state index contributed by atoms with van der Waals surface area (Å²) in [5.41, 5.74) is 2.80. The summed E-state index contributed by atoms with van der Waals surface area (Å²) < 4.78 is 47.0. The van der Waals surface area contributed by atoms with Crippen LogP contribution in [-0.4, -0.2) is 43.5 Å². The highest BCUT2D eigenvalue weighted by Crippen LogP contribution is 2.36. The molecule has 0 saturated carbocycles. The number of methoxy groups -OCH3 is 2. The van der Waals surface area contributed by atoms with Gasteiger partial charge in [0.05, 0.1) is 27.0 Å². The largest absolute Gasteiger partial charge is 0.496 e. The van der Waals surface area contributed by atoms with E-state index in [-0.39, 0.29) is 22.4 Å². The average molecular weight is 526 g/mol. The molecule has 0 aliphatic carbocycles. The zero-order valence-electron chi connectivity index (χ0n) is 20.6. The standard InChI is InChI=1S/C25H27N5O6S/c1-5-16-7-8-19(34-3)22(11-16)37(32,33)29-25-24-20(35-4)9-17(10-21(24)36-28-25)14-30-15-18(13-27-30)12-26-23(31)6-2/h6-11,13,15H,2,5,12,14H2,1,3-4H3,(H,26,31)(H,28,29). The number of hydrogen-bond donors (Lipinski definition) is 2. The molecular formula is C25H27N5O6S. The number of benzene rings is 2. The van der Waals surface area contributed by atoms with Crippen molar-refractivity contribution in [3.8, 4) is 11.5 Å². The van der Waals surface area contributed by atoms with E-state index in [1.54, 1.807) is 41.3 Å². The smallest absolute Gasteiger partial charge is 0.266 e. The van der Waals surface area contributed by atoms with E-state index in [1.807, 2.05) is 13.0 Å². The van der Waals surface area contributed by atoms with Gasteiger partial charge in [-0.1, -0.05) is 24.7 Å². The van der Waals surface area contributed by atoms with E-state index < -0.39 is 10.0 Å². The van der Waals surface area contributed by atoms with Gasteiger partial charge in [0.25, 0.3) is 10.0 Å². The van der Waals surface area contributed by atoms with Crippen molar-refractivity contribution >= 4 is 32.7 Å². The molecule has 0 aliphatic rings. The number of aryl methyl sites for hydroxylation is 1. The molecule has 0 aliphatic heterocycles. The van der Waals surface area contributed by atoms with Gasteiger partial charge in [0.1, 0.15) is 21.8 Å². The number of nitrogens with zero attached hydrogens (tertiary/aromatic N) is 3. The number of amides is 1. The first-order chi connectivity index (χ1) is 17.8. The number of anilines is 1. The maximum absolute atomic E-state index is 13.3. The summed E-state index contributed by atoms with van der Waals surface area (Å²) in [6, 6.07) is 8.50. The lowest BCUT2D eigenvalue weighted by Gasteiger charge is -2.12. The molecule has 194 valence electrons. The molecule has 1 amide bonds. The molecule has 2 aromatic heterocycles. The number of carbonyl (C=O) groups excluding carboxylic acids is 1. The molecule has 11 nitrogen and oxygen atoms in total. The lowest BCUT2D eigenvalue weighted by Crippen LogP contribution is -2.19. The molecular weight excluding hydrogens is 498 g/mol. The lowest BCUT2D eigenvalue weighted by molar-refractivity contribution is -0.116. The second kappa shape index (κ2) is 10.7. The molecule has 0 bridgehead atoms. The van der Waals surface area contributed by atoms with Crippen LogP contribution in [0.1, 0.15) is 23.6 Å². The van der Waals surface area contributed by atoms with Crippen molar-refractivity contribution in [2.45, 2.75) is 31.3 Å². The van der Waals surface area contributed by atoms with Crippen molar-refractivity contribution in [2.24, 2.45) is 0 Å². The average Bonchev–Trinajstić information content (AvgIpc) is 3.52. The normalized spacial score (nSPS) is 11.3.